The fraction of sp³-hybridized carbons (Fsp3) is 0.538. The lowest BCUT2D eigenvalue weighted by Gasteiger charge is -2.17. The molecule has 0 amide bonds. The number of allylic oxidation sites excluding steroid dienone is 1. The van der Waals surface area contributed by atoms with Gasteiger partial charge in [0.15, 0.2) is 5.16 Å². The summed E-state index contributed by atoms with van der Waals surface area (Å²) < 4.78 is 5.15. The molecule has 94 valence electrons. The summed E-state index contributed by atoms with van der Waals surface area (Å²) in [5.41, 5.74) is 0. The van der Waals surface area contributed by atoms with Gasteiger partial charge in [0.05, 0.1) is 0 Å². The molecule has 0 bridgehead atoms. The van der Waals surface area contributed by atoms with Gasteiger partial charge in [0.1, 0.15) is 0 Å². The smallest absolute Gasteiger partial charge is 0.187 e. The Morgan fingerprint density at radius 3 is 2.76 bits per heavy atom. The summed E-state index contributed by atoms with van der Waals surface area (Å²) in [5, 5.41) is 1.32. The van der Waals surface area contributed by atoms with E-state index in [1.165, 1.54) is 0 Å². The van der Waals surface area contributed by atoms with Gasteiger partial charge in [-0.15, -0.1) is 6.58 Å². The molecule has 0 fully saturated rings. The number of rotatable bonds is 8. The molecular formula is C13H20N2OS. The van der Waals surface area contributed by atoms with E-state index in [9.17, 15) is 0 Å². The first-order valence-electron chi connectivity index (χ1n) is 5.81. The van der Waals surface area contributed by atoms with Crippen molar-refractivity contribution < 1.29 is 4.74 Å². The maximum atomic E-state index is 5.15. The molecule has 0 unspecified atom stereocenters. The first-order chi connectivity index (χ1) is 8.26. The van der Waals surface area contributed by atoms with Crippen LogP contribution >= 0.6 is 11.8 Å². The molecular weight excluding hydrogens is 232 g/mol. The molecule has 1 aromatic heterocycles. The summed E-state index contributed by atoms with van der Waals surface area (Å²) in [6.45, 7) is 6.78. The Hall–Kier alpha value is -0.870. The lowest BCUT2D eigenvalue weighted by Crippen LogP contribution is -2.11. The Morgan fingerprint density at radius 1 is 1.47 bits per heavy atom. The third-order valence-corrected chi connectivity index (χ3v) is 3.68. The molecule has 0 N–H and O–H groups in total. The summed E-state index contributed by atoms with van der Waals surface area (Å²) >= 11 is 1.72. The molecule has 0 aromatic carbocycles. The van der Waals surface area contributed by atoms with Gasteiger partial charge < -0.3 is 4.74 Å². The second kappa shape index (κ2) is 8.25. The topological polar surface area (TPSA) is 35.0 Å². The van der Waals surface area contributed by atoms with Gasteiger partial charge in [0.2, 0.25) is 0 Å². The number of hydrogen-bond donors (Lipinski definition) is 0. The van der Waals surface area contributed by atoms with Crippen molar-refractivity contribution in [2.75, 3.05) is 13.7 Å². The zero-order chi connectivity index (χ0) is 12.5. The van der Waals surface area contributed by atoms with Gasteiger partial charge in [0, 0.05) is 31.4 Å². The number of nitrogens with zero attached hydrogens (tertiary/aromatic N) is 2. The quantitative estimate of drug-likeness (QED) is 0.404. The first kappa shape index (κ1) is 14.2. The van der Waals surface area contributed by atoms with Gasteiger partial charge in [-0.1, -0.05) is 24.8 Å². The summed E-state index contributed by atoms with van der Waals surface area (Å²) in [5.74, 6) is 0.507. The average molecular weight is 252 g/mol. The molecule has 0 spiro atoms. The minimum atomic E-state index is 0.477. The molecule has 3 nitrogen and oxygen atoms in total. The van der Waals surface area contributed by atoms with Crippen molar-refractivity contribution in [3.8, 4) is 0 Å². The minimum absolute atomic E-state index is 0.477. The van der Waals surface area contributed by atoms with Crippen molar-refractivity contribution in [2.45, 2.75) is 30.2 Å². The average Bonchev–Trinajstić information content (AvgIpc) is 2.37. The van der Waals surface area contributed by atoms with Gasteiger partial charge in [-0.05, 0) is 24.8 Å². The fourth-order valence-corrected chi connectivity index (χ4v) is 2.64. The zero-order valence-electron chi connectivity index (χ0n) is 10.5. The van der Waals surface area contributed by atoms with Crippen LogP contribution in [0.3, 0.4) is 0 Å². The van der Waals surface area contributed by atoms with Crippen LogP contribution in [0.5, 0.6) is 0 Å². The molecule has 0 saturated carbocycles. The largest absolute Gasteiger partial charge is 0.385 e. The van der Waals surface area contributed by atoms with Crippen molar-refractivity contribution >= 4 is 11.8 Å². The lowest BCUT2D eigenvalue weighted by molar-refractivity contribution is 0.192. The van der Waals surface area contributed by atoms with Crippen LogP contribution in [0.15, 0.2) is 36.3 Å². The standard InChI is InChI=1S/C13H20N2OS/c1-4-11(2)10-12(6-9-16-3)17-13-14-7-5-8-15-13/h4-5,7-8,11-12H,1,6,9-10H2,2-3H3/t11-,12-/m0/s1. The highest BCUT2D eigenvalue weighted by atomic mass is 32.2. The highest BCUT2D eigenvalue weighted by molar-refractivity contribution is 7.99. The monoisotopic (exact) mass is 252 g/mol. The Labute approximate surface area is 108 Å². The van der Waals surface area contributed by atoms with Crippen LogP contribution in [-0.4, -0.2) is 28.9 Å². The summed E-state index contributed by atoms with van der Waals surface area (Å²) in [7, 11) is 1.73. The molecule has 0 radical (unpaired) electrons. The number of aromatic nitrogens is 2. The molecule has 0 aliphatic heterocycles. The van der Waals surface area contributed by atoms with Crippen molar-refractivity contribution in [3.05, 3.63) is 31.1 Å². The fourth-order valence-electron chi connectivity index (χ4n) is 1.48. The number of hydrogen-bond acceptors (Lipinski definition) is 4. The van der Waals surface area contributed by atoms with E-state index >= 15 is 0 Å². The van der Waals surface area contributed by atoms with Crippen molar-refractivity contribution in [2.24, 2.45) is 5.92 Å². The van der Waals surface area contributed by atoms with Gasteiger partial charge in [-0.25, -0.2) is 9.97 Å². The van der Waals surface area contributed by atoms with Gasteiger partial charge in [0.25, 0.3) is 0 Å². The van der Waals surface area contributed by atoms with Gasteiger partial charge in [-0.3, -0.25) is 0 Å². The van der Waals surface area contributed by atoms with Crippen LogP contribution in [0.1, 0.15) is 19.8 Å². The maximum Gasteiger partial charge on any atom is 0.187 e. The highest BCUT2D eigenvalue weighted by Gasteiger charge is 2.14. The van der Waals surface area contributed by atoms with Crippen molar-refractivity contribution in [3.63, 3.8) is 0 Å². The normalized spacial score (nSPS) is 14.2. The lowest BCUT2D eigenvalue weighted by atomic mass is 10.0. The van der Waals surface area contributed by atoms with E-state index in [-0.39, 0.29) is 0 Å². The molecule has 0 saturated heterocycles. The predicted molar refractivity (Wildman–Crippen MR) is 72.1 cm³/mol. The van der Waals surface area contributed by atoms with Crippen molar-refractivity contribution in [1.82, 2.24) is 9.97 Å². The minimum Gasteiger partial charge on any atom is -0.385 e. The number of ether oxygens (including phenoxy) is 1. The number of methoxy groups -OCH3 is 1. The molecule has 2 atom stereocenters. The van der Waals surface area contributed by atoms with E-state index in [0.717, 1.165) is 24.6 Å². The third kappa shape index (κ3) is 5.84. The van der Waals surface area contributed by atoms with E-state index in [4.69, 9.17) is 4.74 Å². The van der Waals surface area contributed by atoms with Crippen LogP contribution in [0.4, 0.5) is 0 Å². The number of thioether (sulfide) groups is 1. The van der Waals surface area contributed by atoms with Crippen molar-refractivity contribution in [1.29, 1.82) is 0 Å². The molecule has 0 aliphatic rings. The van der Waals surface area contributed by atoms with Crippen LogP contribution < -0.4 is 0 Å². The molecule has 17 heavy (non-hydrogen) atoms. The van der Waals surface area contributed by atoms with Crippen LogP contribution in [0.25, 0.3) is 0 Å². The van der Waals surface area contributed by atoms with Crippen LogP contribution in [0.2, 0.25) is 0 Å². The zero-order valence-corrected chi connectivity index (χ0v) is 11.3. The molecule has 1 rings (SSSR count). The van der Waals surface area contributed by atoms with Crippen LogP contribution in [-0.2, 0) is 4.74 Å². The van der Waals surface area contributed by atoms with Crippen LogP contribution in [0, 0.1) is 5.92 Å². The predicted octanol–water partition coefficient (Wildman–Crippen LogP) is 3.19. The van der Waals surface area contributed by atoms with Gasteiger partial charge >= 0.3 is 0 Å². The third-order valence-electron chi connectivity index (χ3n) is 2.50. The van der Waals surface area contributed by atoms with E-state index in [1.807, 2.05) is 12.1 Å². The molecule has 0 aliphatic carbocycles. The van der Waals surface area contributed by atoms with E-state index in [0.29, 0.717) is 11.2 Å². The summed E-state index contributed by atoms with van der Waals surface area (Å²) in [4.78, 5) is 8.49. The molecule has 1 heterocycles. The van der Waals surface area contributed by atoms with E-state index < -0.39 is 0 Å². The Bertz CT molecular complexity index is 318. The summed E-state index contributed by atoms with van der Waals surface area (Å²) in [6.07, 6.45) is 7.64. The van der Waals surface area contributed by atoms with E-state index in [1.54, 1.807) is 31.3 Å². The van der Waals surface area contributed by atoms with Gasteiger partial charge in [-0.2, -0.15) is 0 Å². The Morgan fingerprint density at radius 2 is 2.18 bits per heavy atom. The second-order valence-electron chi connectivity index (χ2n) is 4.00. The SMILES string of the molecule is C=C[C@H](C)C[C@H](CCOC)Sc1ncccn1. The molecule has 4 heteroatoms. The second-order valence-corrected chi connectivity index (χ2v) is 5.27. The Kier molecular flexibility index (Phi) is 6.89. The first-order valence-corrected chi connectivity index (χ1v) is 6.69. The van der Waals surface area contributed by atoms with E-state index in [2.05, 4.69) is 23.5 Å². The molecule has 1 aromatic rings. The summed E-state index contributed by atoms with van der Waals surface area (Å²) in [6, 6.07) is 1.83. The maximum absolute atomic E-state index is 5.15. The Balaban J connectivity index is 2.53. The highest BCUT2D eigenvalue weighted by Crippen LogP contribution is 2.27.